The van der Waals surface area contributed by atoms with E-state index in [4.69, 9.17) is 0 Å². The van der Waals surface area contributed by atoms with Crippen LogP contribution in [0, 0.1) is 10.1 Å². The quantitative estimate of drug-likeness (QED) is 0.694. The number of nitro benzene ring substituents is 1. The molecule has 0 unspecified atom stereocenters. The minimum Gasteiger partial charge on any atom is -0.355 e. The van der Waals surface area contributed by atoms with Gasteiger partial charge in [0, 0.05) is 18.7 Å². The van der Waals surface area contributed by atoms with Crippen LogP contribution in [0.1, 0.15) is 10.4 Å². The highest BCUT2D eigenvalue weighted by atomic mass is 32.2. The molecule has 7 heteroatoms. The van der Waals surface area contributed by atoms with Gasteiger partial charge < -0.3 is 5.32 Å². The molecule has 0 aliphatic heterocycles. The van der Waals surface area contributed by atoms with Gasteiger partial charge in [0.25, 0.3) is 11.6 Å². The maximum atomic E-state index is 11.5. The van der Waals surface area contributed by atoms with Gasteiger partial charge in [0.15, 0.2) is 0 Å². The summed E-state index contributed by atoms with van der Waals surface area (Å²) in [5.74, 6) is -0.337. The zero-order valence-electron chi connectivity index (χ0n) is 9.95. The Kier molecular flexibility index (Phi) is 4.18. The van der Waals surface area contributed by atoms with E-state index in [1.165, 1.54) is 36.2 Å². The summed E-state index contributed by atoms with van der Waals surface area (Å²) in [4.78, 5) is 22.6. The van der Waals surface area contributed by atoms with Crippen molar-refractivity contribution in [3.8, 4) is 0 Å². The molecule has 19 heavy (non-hydrogen) atoms. The summed E-state index contributed by atoms with van der Waals surface area (Å²) in [6, 6.07) is 8.27. The van der Waals surface area contributed by atoms with E-state index in [9.17, 15) is 14.9 Å². The van der Waals surface area contributed by atoms with Gasteiger partial charge in [-0.1, -0.05) is 17.8 Å². The molecule has 1 heterocycles. The monoisotopic (exact) mass is 294 g/mol. The molecular weight excluding hydrogens is 284 g/mol. The van der Waals surface area contributed by atoms with Crippen molar-refractivity contribution in [2.75, 3.05) is 7.05 Å². The first-order valence-electron chi connectivity index (χ1n) is 5.33. The Balaban J connectivity index is 2.38. The topological polar surface area (TPSA) is 72.2 Å². The van der Waals surface area contributed by atoms with Crippen molar-refractivity contribution in [3.05, 3.63) is 51.4 Å². The number of rotatable bonds is 4. The number of carbonyl (C=O) groups is 1. The van der Waals surface area contributed by atoms with E-state index >= 15 is 0 Å². The van der Waals surface area contributed by atoms with Crippen molar-refractivity contribution >= 4 is 34.7 Å². The Morgan fingerprint density at radius 2 is 2.21 bits per heavy atom. The Labute approximate surface area is 117 Å². The van der Waals surface area contributed by atoms with Gasteiger partial charge in [0.05, 0.1) is 14.0 Å². The highest BCUT2D eigenvalue weighted by Gasteiger charge is 2.18. The van der Waals surface area contributed by atoms with Crippen LogP contribution in [0.3, 0.4) is 0 Å². The van der Waals surface area contributed by atoms with Crippen LogP contribution in [0.25, 0.3) is 0 Å². The Hall–Kier alpha value is -1.86. The Morgan fingerprint density at radius 1 is 1.42 bits per heavy atom. The van der Waals surface area contributed by atoms with Gasteiger partial charge in [0.2, 0.25) is 0 Å². The van der Waals surface area contributed by atoms with E-state index in [1.807, 2.05) is 17.5 Å². The lowest BCUT2D eigenvalue weighted by Crippen LogP contribution is -2.17. The molecule has 0 bridgehead atoms. The fourth-order valence-corrected chi connectivity index (χ4v) is 3.28. The molecule has 1 aromatic heterocycles. The molecule has 0 atom stereocenters. The molecule has 0 saturated carbocycles. The van der Waals surface area contributed by atoms with Crippen molar-refractivity contribution in [2.24, 2.45) is 0 Å². The van der Waals surface area contributed by atoms with E-state index in [2.05, 4.69) is 5.32 Å². The number of nitro groups is 1. The molecule has 2 rings (SSSR count). The third kappa shape index (κ3) is 3.12. The molecule has 2 aromatic rings. The van der Waals surface area contributed by atoms with E-state index in [1.54, 1.807) is 12.1 Å². The number of carbonyl (C=O) groups excluding carboxylic acids is 1. The molecule has 1 amide bonds. The molecule has 0 radical (unpaired) electrons. The lowest BCUT2D eigenvalue weighted by atomic mass is 10.2. The van der Waals surface area contributed by atoms with E-state index in [0.717, 1.165) is 4.21 Å². The molecule has 1 N–H and O–H groups in total. The molecule has 0 aliphatic rings. The van der Waals surface area contributed by atoms with Gasteiger partial charge >= 0.3 is 0 Å². The minimum atomic E-state index is -0.470. The summed E-state index contributed by atoms with van der Waals surface area (Å²) >= 11 is 2.84. The number of benzene rings is 1. The predicted octanol–water partition coefficient (Wildman–Crippen LogP) is 3.17. The summed E-state index contributed by atoms with van der Waals surface area (Å²) in [7, 11) is 1.49. The fraction of sp³-hybridized carbons (Fsp3) is 0.0833. The smallest absolute Gasteiger partial charge is 0.284 e. The molecule has 5 nitrogen and oxygen atoms in total. The Bertz CT molecular complexity index is 611. The van der Waals surface area contributed by atoms with Gasteiger partial charge in [-0.2, -0.15) is 0 Å². The maximum absolute atomic E-state index is 11.5. The first kappa shape index (κ1) is 13.6. The molecule has 0 fully saturated rings. The summed E-state index contributed by atoms with van der Waals surface area (Å²) in [5.41, 5.74) is 0.226. The maximum Gasteiger partial charge on any atom is 0.284 e. The van der Waals surface area contributed by atoms with Gasteiger partial charge in [-0.3, -0.25) is 14.9 Å². The van der Waals surface area contributed by atoms with Crippen LogP contribution in [0.5, 0.6) is 0 Å². The number of hydrogen-bond acceptors (Lipinski definition) is 5. The van der Waals surface area contributed by atoms with Crippen LogP contribution in [-0.2, 0) is 0 Å². The second-order valence-corrected chi connectivity index (χ2v) is 5.84. The van der Waals surface area contributed by atoms with Crippen LogP contribution >= 0.6 is 23.1 Å². The summed E-state index contributed by atoms with van der Waals surface area (Å²) in [6.45, 7) is 0. The lowest BCUT2D eigenvalue weighted by Gasteiger charge is -2.04. The molecule has 98 valence electrons. The van der Waals surface area contributed by atoms with Gasteiger partial charge in [-0.25, -0.2) is 0 Å². The largest absolute Gasteiger partial charge is 0.355 e. The van der Waals surface area contributed by atoms with Gasteiger partial charge in [-0.15, -0.1) is 11.3 Å². The highest BCUT2D eigenvalue weighted by molar-refractivity contribution is 8.01. The van der Waals surface area contributed by atoms with Crippen LogP contribution in [-0.4, -0.2) is 17.9 Å². The molecule has 1 aromatic carbocycles. The standard InChI is InChI=1S/C12H10N2O3S2/c1-13-12(15)8-4-5-10(9(7-8)14(16)17)19-11-3-2-6-18-11/h2-7H,1H3,(H,13,15). The van der Waals surface area contributed by atoms with Crippen LogP contribution in [0.15, 0.2) is 44.8 Å². The molecule has 0 saturated heterocycles. The average molecular weight is 294 g/mol. The predicted molar refractivity (Wildman–Crippen MR) is 74.9 cm³/mol. The molecular formula is C12H10N2O3S2. The van der Waals surface area contributed by atoms with Crippen molar-refractivity contribution < 1.29 is 9.72 Å². The molecule has 0 aliphatic carbocycles. The van der Waals surface area contributed by atoms with Gasteiger partial charge in [-0.05, 0) is 23.6 Å². The zero-order chi connectivity index (χ0) is 13.8. The van der Waals surface area contributed by atoms with Crippen LogP contribution in [0.4, 0.5) is 5.69 Å². The number of amides is 1. The normalized spacial score (nSPS) is 10.2. The van der Waals surface area contributed by atoms with Crippen molar-refractivity contribution in [3.63, 3.8) is 0 Å². The number of hydrogen-bond donors (Lipinski definition) is 1. The highest BCUT2D eigenvalue weighted by Crippen LogP contribution is 2.37. The minimum absolute atomic E-state index is 0.0560. The van der Waals surface area contributed by atoms with Gasteiger partial charge in [0.1, 0.15) is 0 Å². The summed E-state index contributed by atoms with van der Waals surface area (Å²) in [5, 5.41) is 15.4. The third-order valence-electron chi connectivity index (χ3n) is 2.35. The van der Waals surface area contributed by atoms with E-state index in [-0.39, 0.29) is 17.2 Å². The summed E-state index contributed by atoms with van der Waals surface area (Å²) in [6.07, 6.45) is 0. The second kappa shape index (κ2) is 5.85. The SMILES string of the molecule is CNC(=O)c1ccc(Sc2cccs2)c([N+](=O)[O-])c1. The number of nitrogens with one attached hydrogen (secondary N) is 1. The van der Waals surface area contributed by atoms with Crippen LogP contribution < -0.4 is 5.32 Å². The van der Waals surface area contributed by atoms with Crippen LogP contribution in [0.2, 0.25) is 0 Å². The first-order valence-corrected chi connectivity index (χ1v) is 7.03. The number of thiophene rings is 1. The van der Waals surface area contributed by atoms with E-state index < -0.39 is 4.92 Å². The zero-order valence-corrected chi connectivity index (χ0v) is 11.6. The average Bonchev–Trinajstić information content (AvgIpc) is 2.91. The second-order valence-electron chi connectivity index (χ2n) is 3.55. The van der Waals surface area contributed by atoms with Crippen molar-refractivity contribution in [1.82, 2.24) is 5.32 Å². The van der Waals surface area contributed by atoms with E-state index in [0.29, 0.717) is 4.90 Å². The fourth-order valence-electron chi connectivity index (χ4n) is 1.46. The molecule has 0 spiro atoms. The van der Waals surface area contributed by atoms with Crippen molar-refractivity contribution in [2.45, 2.75) is 9.10 Å². The first-order chi connectivity index (χ1) is 9.11. The lowest BCUT2D eigenvalue weighted by molar-refractivity contribution is -0.387. The number of nitrogens with zero attached hydrogens (tertiary/aromatic N) is 1. The van der Waals surface area contributed by atoms with Crippen molar-refractivity contribution in [1.29, 1.82) is 0 Å². The Morgan fingerprint density at radius 3 is 2.79 bits per heavy atom. The summed E-state index contributed by atoms with van der Waals surface area (Å²) < 4.78 is 0.968. The third-order valence-corrected chi connectivity index (χ3v) is 4.45.